The standard InChI is InChI=1S/C10H15N3O3/c1-2-7(1)11-5-9-12-13-10(16-9)8-6-14-3-4-15-8/h7-8,11H,1-6H2. The molecule has 0 bridgehead atoms. The summed E-state index contributed by atoms with van der Waals surface area (Å²) in [4.78, 5) is 0. The highest BCUT2D eigenvalue weighted by Crippen LogP contribution is 2.21. The van der Waals surface area contributed by atoms with Crippen molar-refractivity contribution in [2.75, 3.05) is 19.8 Å². The number of aromatic nitrogens is 2. The molecule has 1 N–H and O–H groups in total. The Labute approximate surface area is 93.3 Å². The molecule has 1 saturated carbocycles. The third kappa shape index (κ3) is 2.40. The van der Waals surface area contributed by atoms with Gasteiger partial charge in [-0.25, -0.2) is 0 Å². The molecule has 1 aliphatic heterocycles. The van der Waals surface area contributed by atoms with Crippen molar-refractivity contribution < 1.29 is 13.9 Å². The highest BCUT2D eigenvalue weighted by atomic mass is 16.6. The van der Waals surface area contributed by atoms with E-state index in [-0.39, 0.29) is 6.10 Å². The SMILES string of the molecule is C1COC(c2nnc(CNC3CC3)o2)CO1. The van der Waals surface area contributed by atoms with Gasteiger partial charge in [-0.05, 0) is 12.8 Å². The smallest absolute Gasteiger partial charge is 0.247 e. The van der Waals surface area contributed by atoms with Crippen LogP contribution in [0.5, 0.6) is 0 Å². The second-order valence-corrected chi connectivity index (χ2v) is 4.12. The molecule has 1 unspecified atom stereocenters. The van der Waals surface area contributed by atoms with Crippen LogP contribution in [-0.4, -0.2) is 36.1 Å². The molecule has 2 aliphatic rings. The van der Waals surface area contributed by atoms with E-state index in [0.29, 0.717) is 44.2 Å². The van der Waals surface area contributed by atoms with Gasteiger partial charge >= 0.3 is 0 Å². The Morgan fingerprint density at radius 1 is 1.25 bits per heavy atom. The summed E-state index contributed by atoms with van der Waals surface area (Å²) < 4.78 is 16.3. The second kappa shape index (κ2) is 4.48. The maximum atomic E-state index is 5.51. The van der Waals surface area contributed by atoms with Crippen LogP contribution in [0.15, 0.2) is 4.42 Å². The van der Waals surface area contributed by atoms with Crippen LogP contribution in [0.3, 0.4) is 0 Å². The van der Waals surface area contributed by atoms with Crippen LogP contribution >= 0.6 is 0 Å². The van der Waals surface area contributed by atoms with Crippen molar-refractivity contribution in [3.8, 4) is 0 Å². The van der Waals surface area contributed by atoms with Crippen molar-refractivity contribution in [2.45, 2.75) is 31.5 Å². The summed E-state index contributed by atoms with van der Waals surface area (Å²) in [6.07, 6.45) is 2.30. The van der Waals surface area contributed by atoms with E-state index in [4.69, 9.17) is 13.9 Å². The molecule has 2 heterocycles. The molecule has 1 atom stereocenters. The van der Waals surface area contributed by atoms with Crippen molar-refractivity contribution in [1.29, 1.82) is 0 Å². The third-order valence-electron chi connectivity index (χ3n) is 2.69. The van der Waals surface area contributed by atoms with Gasteiger partial charge in [0.25, 0.3) is 0 Å². The molecule has 6 nitrogen and oxygen atoms in total. The first-order chi connectivity index (χ1) is 7.92. The van der Waals surface area contributed by atoms with Crippen molar-refractivity contribution in [1.82, 2.24) is 15.5 Å². The van der Waals surface area contributed by atoms with Gasteiger partial charge in [-0.2, -0.15) is 0 Å². The first-order valence-electron chi connectivity index (χ1n) is 5.67. The van der Waals surface area contributed by atoms with Crippen LogP contribution in [0.25, 0.3) is 0 Å². The Hall–Kier alpha value is -0.980. The van der Waals surface area contributed by atoms with Crippen LogP contribution < -0.4 is 5.32 Å². The van der Waals surface area contributed by atoms with Gasteiger partial charge in [0.15, 0.2) is 6.10 Å². The summed E-state index contributed by atoms with van der Waals surface area (Å²) >= 11 is 0. The maximum absolute atomic E-state index is 5.51. The summed E-state index contributed by atoms with van der Waals surface area (Å²) in [6, 6.07) is 0.643. The van der Waals surface area contributed by atoms with Gasteiger partial charge in [-0.15, -0.1) is 10.2 Å². The van der Waals surface area contributed by atoms with E-state index in [9.17, 15) is 0 Å². The van der Waals surface area contributed by atoms with Gasteiger partial charge in [0.2, 0.25) is 11.8 Å². The van der Waals surface area contributed by atoms with Crippen LogP contribution in [0.1, 0.15) is 30.7 Å². The predicted molar refractivity (Wildman–Crippen MR) is 53.7 cm³/mol. The van der Waals surface area contributed by atoms with Crippen LogP contribution in [0.2, 0.25) is 0 Å². The lowest BCUT2D eigenvalue weighted by Gasteiger charge is -2.19. The highest BCUT2D eigenvalue weighted by molar-refractivity contribution is 4.89. The summed E-state index contributed by atoms with van der Waals surface area (Å²) in [6.45, 7) is 2.37. The number of rotatable bonds is 4. The number of nitrogens with one attached hydrogen (secondary N) is 1. The van der Waals surface area contributed by atoms with E-state index >= 15 is 0 Å². The normalized spacial score (nSPS) is 25.9. The fraction of sp³-hybridized carbons (Fsp3) is 0.800. The van der Waals surface area contributed by atoms with E-state index < -0.39 is 0 Å². The molecular weight excluding hydrogens is 210 g/mol. The van der Waals surface area contributed by atoms with Crippen LogP contribution in [0.4, 0.5) is 0 Å². The fourth-order valence-corrected chi connectivity index (χ4v) is 1.62. The van der Waals surface area contributed by atoms with Crippen molar-refractivity contribution in [3.63, 3.8) is 0 Å². The van der Waals surface area contributed by atoms with Gasteiger partial charge < -0.3 is 19.2 Å². The van der Waals surface area contributed by atoms with E-state index in [1.54, 1.807) is 0 Å². The first-order valence-corrected chi connectivity index (χ1v) is 5.67. The van der Waals surface area contributed by atoms with Crippen molar-refractivity contribution in [3.05, 3.63) is 11.8 Å². The fourth-order valence-electron chi connectivity index (χ4n) is 1.62. The quantitative estimate of drug-likeness (QED) is 0.800. The molecule has 0 aromatic carbocycles. The van der Waals surface area contributed by atoms with E-state index in [2.05, 4.69) is 15.5 Å². The lowest BCUT2D eigenvalue weighted by atomic mass is 10.3. The van der Waals surface area contributed by atoms with Gasteiger partial charge in [-0.3, -0.25) is 0 Å². The van der Waals surface area contributed by atoms with Crippen molar-refractivity contribution in [2.24, 2.45) is 0 Å². The molecular formula is C10H15N3O3. The summed E-state index contributed by atoms with van der Waals surface area (Å²) in [5.41, 5.74) is 0. The minimum absolute atomic E-state index is 0.198. The van der Waals surface area contributed by atoms with Gasteiger partial charge in [0, 0.05) is 6.04 Å². The van der Waals surface area contributed by atoms with E-state index in [1.807, 2.05) is 0 Å². The van der Waals surface area contributed by atoms with Crippen molar-refractivity contribution >= 4 is 0 Å². The molecule has 6 heteroatoms. The second-order valence-electron chi connectivity index (χ2n) is 4.12. The minimum Gasteiger partial charge on any atom is -0.421 e. The number of nitrogens with zero attached hydrogens (tertiary/aromatic N) is 2. The first kappa shape index (κ1) is 10.2. The molecule has 0 amide bonds. The van der Waals surface area contributed by atoms with Crippen LogP contribution in [-0.2, 0) is 16.0 Å². The van der Waals surface area contributed by atoms with Gasteiger partial charge in [-0.1, -0.05) is 0 Å². The summed E-state index contributed by atoms with van der Waals surface area (Å²) in [5.74, 6) is 1.14. The highest BCUT2D eigenvalue weighted by Gasteiger charge is 2.24. The monoisotopic (exact) mass is 225 g/mol. The molecule has 0 spiro atoms. The Kier molecular flexibility index (Phi) is 2.86. The Balaban J connectivity index is 1.57. The predicted octanol–water partition coefficient (Wildman–Crippen LogP) is 0.409. The molecule has 2 fully saturated rings. The molecule has 1 saturated heterocycles. The average Bonchev–Trinajstić information content (AvgIpc) is 3.05. The molecule has 1 aromatic rings. The Morgan fingerprint density at radius 2 is 2.19 bits per heavy atom. The average molecular weight is 225 g/mol. The largest absolute Gasteiger partial charge is 0.421 e. The summed E-state index contributed by atoms with van der Waals surface area (Å²) in [5, 5.41) is 11.3. The molecule has 1 aromatic heterocycles. The van der Waals surface area contributed by atoms with Gasteiger partial charge in [0.1, 0.15) is 0 Å². The van der Waals surface area contributed by atoms with E-state index in [1.165, 1.54) is 12.8 Å². The lowest BCUT2D eigenvalue weighted by Crippen LogP contribution is -2.22. The molecule has 88 valence electrons. The Bertz CT molecular complexity index is 345. The van der Waals surface area contributed by atoms with E-state index in [0.717, 1.165) is 0 Å². The molecule has 3 rings (SSSR count). The topological polar surface area (TPSA) is 69.4 Å². The lowest BCUT2D eigenvalue weighted by molar-refractivity contribution is -0.0999. The molecule has 1 aliphatic carbocycles. The number of hydrogen-bond acceptors (Lipinski definition) is 6. The zero-order valence-corrected chi connectivity index (χ0v) is 9.02. The van der Waals surface area contributed by atoms with Crippen LogP contribution in [0, 0.1) is 0 Å². The third-order valence-corrected chi connectivity index (χ3v) is 2.69. The maximum Gasteiger partial charge on any atom is 0.247 e. The number of hydrogen-bond donors (Lipinski definition) is 1. The molecule has 0 radical (unpaired) electrons. The zero-order valence-electron chi connectivity index (χ0n) is 9.02. The number of ether oxygens (including phenoxy) is 2. The van der Waals surface area contributed by atoms with Gasteiger partial charge in [0.05, 0.1) is 26.4 Å². The molecule has 16 heavy (non-hydrogen) atoms. The summed E-state index contributed by atoms with van der Waals surface area (Å²) in [7, 11) is 0. The Morgan fingerprint density at radius 3 is 2.94 bits per heavy atom. The zero-order chi connectivity index (χ0) is 10.8. The minimum atomic E-state index is -0.198.